The molecule has 1 rings (SSSR count). The van der Waals surface area contributed by atoms with Crippen molar-refractivity contribution in [3.63, 3.8) is 0 Å². The average Bonchev–Trinajstić information content (AvgIpc) is 2.17. The van der Waals surface area contributed by atoms with Crippen molar-refractivity contribution in [1.82, 2.24) is 0 Å². The summed E-state index contributed by atoms with van der Waals surface area (Å²) in [5.41, 5.74) is 2.27. The molecular formula is C13H16ClF. The molecule has 0 amide bonds. The first-order chi connectivity index (χ1) is 7.13. The minimum Gasteiger partial charge on any atom is -0.207 e. The first kappa shape index (κ1) is 12.3. The molecule has 0 saturated heterocycles. The summed E-state index contributed by atoms with van der Waals surface area (Å²) in [6.45, 7) is 5.91. The molecule has 0 aliphatic heterocycles. The van der Waals surface area contributed by atoms with Crippen molar-refractivity contribution in [2.75, 3.05) is 5.88 Å². The summed E-state index contributed by atoms with van der Waals surface area (Å²) in [6.07, 6.45) is 1.82. The van der Waals surface area contributed by atoms with Crippen molar-refractivity contribution in [3.8, 4) is 0 Å². The van der Waals surface area contributed by atoms with Crippen LogP contribution in [0.3, 0.4) is 0 Å². The molecule has 0 N–H and O–H groups in total. The van der Waals surface area contributed by atoms with Gasteiger partial charge in [0.25, 0.3) is 0 Å². The van der Waals surface area contributed by atoms with Crippen LogP contribution in [-0.4, -0.2) is 5.88 Å². The highest BCUT2D eigenvalue weighted by molar-refractivity contribution is 6.17. The van der Waals surface area contributed by atoms with Crippen molar-refractivity contribution < 1.29 is 4.39 Å². The number of hydrogen-bond acceptors (Lipinski definition) is 0. The fraction of sp³-hybridized carbons (Fsp3) is 0.385. The summed E-state index contributed by atoms with van der Waals surface area (Å²) in [5.74, 6) is 0.786. The van der Waals surface area contributed by atoms with Crippen molar-refractivity contribution in [2.45, 2.75) is 25.7 Å². The first-order valence-corrected chi connectivity index (χ1v) is 5.62. The number of allylic oxidation sites excluding steroid dienone is 1. The van der Waals surface area contributed by atoms with Crippen LogP contribution >= 0.6 is 11.6 Å². The second kappa shape index (κ2) is 5.92. The van der Waals surface area contributed by atoms with Crippen LogP contribution in [0.15, 0.2) is 36.4 Å². The molecular weight excluding hydrogens is 211 g/mol. The molecule has 0 radical (unpaired) electrons. The Labute approximate surface area is 95.8 Å². The van der Waals surface area contributed by atoms with Crippen LogP contribution in [0.5, 0.6) is 0 Å². The largest absolute Gasteiger partial charge is 0.207 e. The predicted molar refractivity (Wildman–Crippen MR) is 63.9 cm³/mol. The van der Waals surface area contributed by atoms with E-state index in [-0.39, 0.29) is 5.82 Å². The summed E-state index contributed by atoms with van der Waals surface area (Å²) in [4.78, 5) is 0. The Hall–Kier alpha value is -0.820. The molecule has 0 fully saturated rings. The third-order valence-corrected chi connectivity index (χ3v) is 2.61. The molecule has 0 aromatic heterocycles. The number of benzene rings is 1. The normalized spacial score (nSPS) is 12.5. The third kappa shape index (κ3) is 4.05. The first-order valence-electron chi connectivity index (χ1n) is 5.09. The summed E-state index contributed by atoms with van der Waals surface area (Å²) < 4.78 is 12.8. The highest BCUT2D eigenvalue weighted by Gasteiger charge is 2.10. The molecule has 0 heterocycles. The molecule has 0 saturated carbocycles. The summed E-state index contributed by atoms with van der Waals surface area (Å²) in [7, 11) is 0. The quantitative estimate of drug-likeness (QED) is 0.512. The minimum absolute atomic E-state index is 0.196. The van der Waals surface area contributed by atoms with E-state index in [4.69, 9.17) is 11.6 Å². The lowest BCUT2D eigenvalue weighted by molar-refractivity contribution is 0.620. The molecule has 0 aliphatic rings. The van der Waals surface area contributed by atoms with Gasteiger partial charge in [-0.2, -0.15) is 0 Å². The Morgan fingerprint density at radius 1 is 1.40 bits per heavy atom. The van der Waals surface area contributed by atoms with Gasteiger partial charge in [-0.3, -0.25) is 0 Å². The van der Waals surface area contributed by atoms with Gasteiger partial charge in [0.1, 0.15) is 5.82 Å². The Balaban J connectivity index is 2.78. The van der Waals surface area contributed by atoms with Gasteiger partial charge in [-0.25, -0.2) is 4.39 Å². The van der Waals surface area contributed by atoms with E-state index in [9.17, 15) is 4.39 Å². The molecule has 82 valence electrons. The van der Waals surface area contributed by atoms with Crippen LogP contribution in [0.4, 0.5) is 4.39 Å². The standard InChI is InChI=1S/C13H16ClF/c1-10(2)9-12(7-8-14)11-3-5-13(15)6-4-11/h3-6,12H,1,7-9H2,2H3. The smallest absolute Gasteiger partial charge is 0.123 e. The maximum Gasteiger partial charge on any atom is 0.123 e. The zero-order valence-electron chi connectivity index (χ0n) is 8.97. The van der Waals surface area contributed by atoms with E-state index < -0.39 is 0 Å². The zero-order valence-corrected chi connectivity index (χ0v) is 9.73. The highest BCUT2D eigenvalue weighted by Crippen LogP contribution is 2.26. The molecule has 2 heteroatoms. The van der Waals surface area contributed by atoms with E-state index in [0.29, 0.717) is 11.8 Å². The monoisotopic (exact) mass is 226 g/mol. The van der Waals surface area contributed by atoms with Gasteiger partial charge in [0.05, 0.1) is 0 Å². The summed E-state index contributed by atoms with van der Waals surface area (Å²) in [6, 6.07) is 6.65. The zero-order chi connectivity index (χ0) is 11.3. The van der Waals surface area contributed by atoms with E-state index >= 15 is 0 Å². The molecule has 1 aromatic carbocycles. The lowest BCUT2D eigenvalue weighted by Crippen LogP contribution is -2.00. The third-order valence-electron chi connectivity index (χ3n) is 2.39. The Kier molecular flexibility index (Phi) is 4.83. The molecule has 1 aromatic rings. The Morgan fingerprint density at radius 3 is 2.47 bits per heavy atom. The summed E-state index contributed by atoms with van der Waals surface area (Å²) >= 11 is 5.76. The minimum atomic E-state index is -0.196. The maximum atomic E-state index is 12.8. The van der Waals surface area contributed by atoms with E-state index in [1.807, 2.05) is 19.1 Å². The molecule has 0 nitrogen and oxygen atoms in total. The maximum absolute atomic E-state index is 12.8. The van der Waals surface area contributed by atoms with Crippen molar-refractivity contribution in [3.05, 3.63) is 47.8 Å². The van der Waals surface area contributed by atoms with E-state index in [0.717, 1.165) is 24.0 Å². The van der Waals surface area contributed by atoms with E-state index in [1.165, 1.54) is 12.1 Å². The molecule has 0 aliphatic carbocycles. The van der Waals surface area contributed by atoms with Gasteiger partial charge in [-0.1, -0.05) is 17.7 Å². The van der Waals surface area contributed by atoms with Crippen LogP contribution in [0, 0.1) is 5.82 Å². The van der Waals surface area contributed by atoms with Crippen molar-refractivity contribution >= 4 is 11.6 Å². The second-order valence-corrected chi connectivity index (χ2v) is 4.27. The number of halogens is 2. The van der Waals surface area contributed by atoms with Gasteiger partial charge in [-0.05, 0) is 43.4 Å². The average molecular weight is 227 g/mol. The summed E-state index contributed by atoms with van der Waals surface area (Å²) in [5, 5.41) is 0. The fourth-order valence-corrected chi connectivity index (χ4v) is 1.94. The van der Waals surface area contributed by atoms with Crippen LogP contribution in [-0.2, 0) is 0 Å². The van der Waals surface area contributed by atoms with Crippen molar-refractivity contribution in [1.29, 1.82) is 0 Å². The highest BCUT2D eigenvalue weighted by atomic mass is 35.5. The Bertz CT molecular complexity index is 316. The SMILES string of the molecule is C=C(C)CC(CCCl)c1ccc(F)cc1. The second-order valence-electron chi connectivity index (χ2n) is 3.89. The van der Waals surface area contributed by atoms with Gasteiger partial charge in [0.2, 0.25) is 0 Å². The predicted octanol–water partition coefficient (Wildman–Crippen LogP) is 4.50. The van der Waals surface area contributed by atoms with E-state index in [2.05, 4.69) is 6.58 Å². The number of alkyl halides is 1. The van der Waals surface area contributed by atoms with Crippen molar-refractivity contribution in [2.24, 2.45) is 0 Å². The topological polar surface area (TPSA) is 0 Å². The molecule has 1 unspecified atom stereocenters. The van der Waals surface area contributed by atoms with Crippen LogP contribution in [0.2, 0.25) is 0 Å². The number of hydrogen-bond donors (Lipinski definition) is 0. The Morgan fingerprint density at radius 2 is 2.00 bits per heavy atom. The van der Waals surface area contributed by atoms with Crippen LogP contribution < -0.4 is 0 Å². The lowest BCUT2D eigenvalue weighted by Gasteiger charge is -2.16. The fourth-order valence-electron chi connectivity index (χ4n) is 1.67. The lowest BCUT2D eigenvalue weighted by atomic mass is 9.91. The van der Waals surface area contributed by atoms with Crippen LogP contribution in [0.25, 0.3) is 0 Å². The molecule has 15 heavy (non-hydrogen) atoms. The van der Waals surface area contributed by atoms with Gasteiger partial charge >= 0.3 is 0 Å². The molecule has 0 bridgehead atoms. The van der Waals surface area contributed by atoms with Gasteiger partial charge in [0.15, 0.2) is 0 Å². The van der Waals surface area contributed by atoms with Gasteiger partial charge < -0.3 is 0 Å². The molecule has 1 atom stereocenters. The van der Waals surface area contributed by atoms with E-state index in [1.54, 1.807) is 0 Å². The van der Waals surface area contributed by atoms with Crippen LogP contribution in [0.1, 0.15) is 31.2 Å². The number of rotatable bonds is 5. The van der Waals surface area contributed by atoms with Gasteiger partial charge in [0, 0.05) is 5.88 Å². The van der Waals surface area contributed by atoms with Gasteiger partial charge in [-0.15, -0.1) is 18.2 Å². The molecule has 0 spiro atoms.